The molecule has 0 aliphatic rings. The number of carbonyl (C=O) groups is 1. The summed E-state index contributed by atoms with van der Waals surface area (Å²) in [7, 11) is 0. The van der Waals surface area contributed by atoms with Gasteiger partial charge in [0.1, 0.15) is 0 Å². The van der Waals surface area contributed by atoms with Gasteiger partial charge in [-0.3, -0.25) is 4.79 Å². The van der Waals surface area contributed by atoms with E-state index in [4.69, 9.17) is 5.11 Å². The van der Waals surface area contributed by atoms with E-state index < -0.39 is 5.97 Å². The first-order chi connectivity index (χ1) is 7.41. The molecule has 3 nitrogen and oxygen atoms in total. The van der Waals surface area contributed by atoms with Crippen molar-refractivity contribution in [2.24, 2.45) is 11.8 Å². The molecule has 3 heteroatoms. The molecule has 0 aliphatic carbocycles. The highest BCUT2D eigenvalue weighted by Crippen LogP contribution is 2.06. The first-order valence-corrected chi connectivity index (χ1v) is 6.36. The second-order valence-corrected chi connectivity index (χ2v) is 5.40. The van der Waals surface area contributed by atoms with Crippen LogP contribution in [-0.2, 0) is 4.79 Å². The maximum Gasteiger partial charge on any atom is 0.303 e. The predicted molar refractivity (Wildman–Crippen MR) is 67.6 cm³/mol. The summed E-state index contributed by atoms with van der Waals surface area (Å²) in [6, 6.07) is 0. The topological polar surface area (TPSA) is 40.5 Å². The lowest BCUT2D eigenvalue weighted by molar-refractivity contribution is -0.137. The van der Waals surface area contributed by atoms with Gasteiger partial charge in [0.25, 0.3) is 0 Å². The monoisotopic (exact) mass is 229 g/mol. The zero-order valence-corrected chi connectivity index (χ0v) is 11.2. The maximum atomic E-state index is 10.4. The number of nitrogens with zero attached hydrogens (tertiary/aromatic N) is 1. The van der Waals surface area contributed by atoms with Gasteiger partial charge in [-0.25, -0.2) is 0 Å². The number of hydrogen-bond acceptors (Lipinski definition) is 2. The van der Waals surface area contributed by atoms with Gasteiger partial charge in [0.2, 0.25) is 0 Å². The Bertz CT molecular complexity index is 180. The molecule has 0 amide bonds. The summed E-state index contributed by atoms with van der Waals surface area (Å²) in [5.74, 6) is 0.677. The van der Waals surface area contributed by atoms with E-state index in [2.05, 4.69) is 32.6 Å². The molecule has 0 rings (SSSR count). The van der Waals surface area contributed by atoms with Gasteiger partial charge in [0, 0.05) is 19.5 Å². The largest absolute Gasteiger partial charge is 0.481 e. The van der Waals surface area contributed by atoms with Crippen LogP contribution in [0.4, 0.5) is 0 Å². The van der Waals surface area contributed by atoms with Gasteiger partial charge in [0.15, 0.2) is 0 Å². The van der Waals surface area contributed by atoms with Crippen LogP contribution in [0, 0.1) is 11.8 Å². The molecule has 1 N–H and O–H groups in total. The smallest absolute Gasteiger partial charge is 0.303 e. The van der Waals surface area contributed by atoms with Crippen LogP contribution in [0.3, 0.4) is 0 Å². The molecule has 96 valence electrons. The van der Waals surface area contributed by atoms with Crippen molar-refractivity contribution in [3.63, 3.8) is 0 Å². The molecular formula is C13H27NO2. The van der Waals surface area contributed by atoms with E-state index in [1.165, 1.54) is 0 Å². The van der Waals surface area contributed by atoms with Crippen LogP contribution >= 0.6 is 0 Å². The molecule has 0 bridgehead atoms. The minimum Gasteiger partial charge on any atom is -0.481 e. The molecule has 0 radical (unpaired) electrons. The van der Waals surface area contributed by atoms with Gasteiger partial charge >= 0.3 is 5.97 Å². The number of hydrogen-bond donors (Lipinski definition) is 1. The van der Waals surface area contributed by atoms with E-state index in [0.717, 1.165) is 32.5 Å². The van der Waals surface area contributed by atoms with E-state index in [9.17, 15) is 4.79 Å². The molecule has 0 unspecified atom stereocenters. The van der Waals surface area contributed by atoms with Crippen LogP contribution in [0.25, 0.3) is 0 Å². The Morgan fingerprint density at radius 1 is 1.06 bits per heavy atom. The third-order valence-corrected chi connectivity index (χ3v) is 2.36. The van der Waals surface area contributed by atoms with Crippen LogP contribution in [-0.4, -0.2) is 35.6 Å². The fourth-order valence-electron chi connectivity index (χ4n) is 1.90. The van der Waals surface area contributed by atoms with Crippen LogP contribution in [0.1, 0.15) is 47.0 Å². The second kappa shape index (κ2) is 8.57. The quantitative estimate of drug-likeness (QED) is 0.618. The zero-order chi connectivity index (χ0) is 12.6. The van der Waals surface area contributed by atoms with Gasteiger partial charge in [-0.05, 0) is 31.2 Å². The van der Waals surface area contributed by atoms with Gasteiger partial charge in [-0.15, -0.1) is 0 Å². The highest BCUT2D eigenvalue weighted by atomic mass is 16.4. The summed E-state index contributed by atoms with van der Waals surface area (Å²) in [6.07, 6.45) is 2.09. The van der Waals surface area contributed by atoms with Crippen molar-refractivity contribution in [1.82, 2.24) is 4.90 Å². The lowest BCUT2D eigenvalue weighted by Crippen LogP contribution is -2.32. The van der Waals surface area contributed by atoms with Crippen molar-refractivity contribution in [3.05, 3.63) is 0 Å². The Balaban J connectivity index is 3.77. The Morgan fingerprint density at radius 3 is 1.94 bits per heavy atom. The first kappa shape index (κ1) is 15.4. The van der Waals surface area contributed by atoms with Crippen molar-refractivity contribution in [3.8, 4) is 0 Å². The van der Waals surface area contributed by atoms with Gasteiger partial charge in [0.05, 0.1) is 0 Å². The summed E-state index contributed by atoms with van der Waals surface area (Å²) in [5, 5.41) is 8.56. The normalized spacial score (nSPS) is 11.7. The van der Waals surface area contributed by atoms with E-state index in [1.54, 1.807) is 0 Å². The average Bonchev–Trinajstić information content (AvgIpc) is 2.09. The van der Waals surface area contributed by atoms with E-state index in [-0.39, 0.29) is 0 Å². The van der Waals surface area contributed by atoms with Crippen LogP contribution in [0.15, 0.2) is 0 Å². The Hall–Kier alpha value is -0.570. The minimum absolute atomic E-state index is 0.303. The predicted octanol–water partition coefficient (Wildman–Crippen LogP) is 2.86. The van der Waals surface area contributed by atoms with Crippen molar-refractivity contribution in [2.75, 3.05) is 19.6 Å². The highest BCUT2D eigenvalue weighted by molar-refractivity contribution is 5.66. The molecule has 16 heavy (non-hydrogen) atoms. The van der Waals surface area contributed by atoms with Crippen LogP contribution in [0.2, 0.25) is 0 Å². The number of aliphatic carboxylic acids is 1. The lowest BCUT2D eigenvalue weighted by atomic mass is 10.1. The molecular weight excluding hydrogens is 202 g/mol. The number of rotatable bonds is 9. The molecule has 0 aromatic rings. The van der Waals surface area contributed by atoms with Crippen molar-refractivity contribution >= 4 is 5.97 Å². The summed E-state index contributed by atoms with van der Waals surface area (Å²) >= 11 is 0. The summed E-state index contributed by atoms with van der Waals surface area (Å²) in [6.45, 7) is 12.2. The average molecular weight is 229 g/mol. The molecule has 0 aromatic carbocycles. The summed E-state index contributed by atoms with van der Waals surface area (Å²) < 4.78 is 0. The highest BCUT2D eigenvalue weighted by Gasteiger charge is 2.09. The Labute approximate surface area is 99.8 Å². The Morgan fingerprint density at radius 2 is 1.56 bits per heavy atom. The molecule has 0 saturated heterocycles. The van der Waals surface area contributed by atoms with Crippen molar-refractivity contribution in [2.45, 2.75) is 47.0 Å². The maximum absolute atomic E-state index is 10.4. The lowest BCUT2D eigenvalue weighted by Gasteiger charge is -2.25. The van der Waals surface area contributed by atoms with Gasteiger partial charge in [-0.2, -0.15) is 0 Å². The van der Waals surface area contributed by atoms with Crippen LogP contribution in [0.5, 0.6) is 0 Å². The summed E-state index contributed by atoms with van der Waals surface area (Å²) in [5.41, 5.74) is 0. The number of unbranched alkanes of at least 4 members (excludes halogenated alkanes) is 1. The standard InChI is InChI=1S/C13H27NO2/c1-11(2)9-14(10-12(3)4)8-6-5-7-13(15)16/h11-12H,5-10H2,1-4H3,(H,15,16). The van der Waals surface area contributed by atoms with Gasteiger partial charge < -0.3 is 10.0 Å². The first-order valence-electron chi connectivity index (χ1n) is 6.36. The third kappa shape index (κ3) is 9.97. The molecule has 0 fully saturated rings. The SMILES string of the molecule is CC(C)CN(CCCCC(=O)O)CC(C)C. The summed E-state index contributed by atoms with van der Waals surface area (Å²) in [4.78, 5) is 12.8. The molecule has 0 aliphatic heterocycles. The van der Waals surface area contributed by atoms with Crippen molar-refractivity contribution < 1.29 is 9.90 Å². The van der Waals surface area contributed by atoms with E-state index in [0.29, 0.717) is 18.3 Å². The van der Waals surface area contributed by atoms with Gasteiger partial charge in [-0.1, -0.05) is 27.7 Å². The van der Waals surface area contributed by atoms with E-state index in [1.807, 2.05) is 0 Å². The number of carboxylic acid groups (broad SMARTS) is 1. The zero-order valence-electron chi connectivity index (χ0n) is 11.2. The van der Waals surface area contributed by atoms with Crippen molar-refractivity contribution in [1.29, 1.82) is 0 Å². The Kier molecular flexibility index (Phi) is 8.26. The molecule has 0 heterocycles. The molecule has 0 spiro atoms. The second-order valence-electron chi connectivity index (χ2n) is 5.40. The van der Waals surface area contributed by atoms with Crippen LogP contribution < -0.4 is 0 Å². The third-order valence-electron chi connectivity index (χ3n) is 2.36. The fraction of sp³-hybridized carbons (Fsp3) is 0.923. The minimum atomic E-state index is -0.681. The molecule has 0 aromatic heterocycles. The van der Waals surface area contributed by atoms with E-state index >= 15 is 0 Å². The number of carboxylic acids is 1. The fourth-order valence-corrected chi connectivity index (χ4v) is 1.90. The molecule has 0 saturated carbocycles. The molecule has 0 atom stereocenters.